The number of hydrogen-bond donors (Lipinski definition) is 1. The first-order valence-corrected chi connectivity index (χ1v) is 9.06. The summed E-state index contributed by atoms with van der Waals surface area (Å²) in [6, 6.07) is 10.8. The van der Waals surface area contributed by atoms with Gasteiger partial charge in [0.15, 0.2) is 6.10 Å². The van der Waals surface area contributed by atoms with Gasteiger partial charge < -0.3 is 14.8 Å². The smallest absolute Gasteiger partial charge is 0.339 e. The first-order valence-electron chi connectivity index (χ1n) is 7.84. The van der Waals surface area contributed by atoms with Crippen molar-refractivity contribution in [1.82, 2.24) is 0 Å². The van der Waals surface area contributed by atoms with E-state index in [0.29, 0.717) is 16.3 Å². The number of nitro benzene ring substituents is 1. The van der Waals surface area contributed by atoms with E-state index in [0.717, 1.165) is 6.07 Å². The summed E-state index contributed by atoms with van der Waals surface area (Å²) in [7, 11) is 1.51. The van der Waals surface area contributed by atoms with Crippen LogP contribution in [-0.4, -0.2) is 36.3 Å². The number of hydrogen-bond acceptors (Lipinski definition) is 7. The number of nitrogens with zero attached hydrogens (tertiary/aromatic N) is 1. The normalized spacial score (nSPS) is 11.4. The summed E-state index contributed by atoms with van der Waals surface area (Å²) in [4.78, 5) is 35.4. The van der Waals surface area contributed by atoms with E-state index >= 15 is 0 Å². The molecule has 0 radical (unpaired) electrons. The molecule has 27 heavy (non-hydrogen) atoms. The average molecular weight is 390 g/mol. The lowest BCUT2D eigenvalue weighted by atomic mass is 10.2. The summed E-state index contributed by atoms with van der Waals surface area (Å²) in [5.41, 5.74) is 0.299. The minimum Gasteiger partial charge on any atom is -0.497 e. The van der Waals surface area contributed by atoms with E-state index in [1.54, 1.807) is 30.5 Å². The summed E-state index contributed by atoms with van der Waals surface area (Å²) in [6.07, 6.45) is 0.605. The molecule has 0 aliphatic rings. The fourth-order valence-corrected chi connectivity index (χ4v) is 2.73. The molecule has 0 fully saturated rings. The van der Waals surface area contributed by atoms with Gasteiger partial charge in [-0.1, -0.05) is 6.07 Å². The Labute approximate surface area is 160 Å². The molecule has 0 aliphatic carbocycles. The quantitative estimate of drug-likeness (QED) is 0.333. The lowest BCUT2D eigenvalue weighted by Gasteiger charge is -2.14. The first kappa shape index (κ1) is 20.2. The van der Waals surface area contributed by atoms with Gasteiger partial charge in [-0.15, -0.1) is 11.8 Å². The lowest BCUT2D eigenvalue weighted by molar-refractivity contribution is -0.387. The van der Waals surface area contributed by atoms with E-state index in [2.05, 4.69) is 5.32 Å². The third-order valence-electron chi connectivity index (χ3n) is 3.60. The molecule has 1 atom stereocenters. The van der Waals surface area contributed by atoms with Crippen molar-refractivity contribution in [3.63, 3.8) is 0 Å². The number of nitrogens with one attached hydrogen (secondary N) is 1. The minimum atomic E-state index is -1.09. The van der Waals surface area contributed by atoms with Gasteiger partial charge in [0.2, 0.25) is 0 Å². The van der Waals surface area contributed by atoms with E-state index in [4.69, 9.17) is 9.47 Å². The number of methoxy groups -OCH3 is 1. The van der Waals surface area contributed by atoms with Crippen molar-refractivity contribution in [1.29, 1.82) is 0 Å². The highest BCUT2D eigenvalue weighted by atomic mass is 32.2. The molecular formula is C18H18N2O6S. The Kier molecular flexibility index (Phi) is 6.78. The molecule has 9 heteroatoms. The van der Waals surface area contributed by atoms with Crippen LogP contribution >= 0.6 is 11.8 Å². The molecule has 8 nitrogen and oxygen atoms in total. The highest BCUT2D eigenvalue weighted by molar-refractivity contribution is 7.98. The van der Waals surface area contributed by atoms with Gasteiger partial charge in [-0.2, -0.15) is 0 Å². The maximum Gasteiger partial charge on any atom is 0.339 e. The Bertz CT molecular complexity index is 871. The molecule has 142 valence electrons. The fourth-order valence-electron chi connectivity index (χ4n) is 2.19. The van der Waals surface area contributed by atoms with Gasteiger partial charge in [0.05, 0.1) is 22.5 Å². The van der Waals surface area contributed by atoms with Crippen molar-refractivity contribution in [2.45, 2.75) is 17.9 Å². The number of benzene rings is 2. The number of ether oxygens (including phenoxy) is 2. The van der Waals surface area contributed by atoms with E-state index in [1.165, 1.54) is 37.9 Å². The molecule has 0 bridgehead atoms. The summed E-state index contributed by atoms with van der Waals surface area (Å²) in [6.45, 7) is 1.41. The second kappa shape index (κ2) is 9.04. The Morgan fingerprint density at radius 3 is 2.59 bits per heavy atom. The second-order valence-corrected chi connectivity index (χ2v) is 6.26. The second-order valence-electron chi connectivity index (χ2n) is 5.41. The van der Waals surface area contributed by atoms with Gasteiger partial charge in [-0.3, -0.25) is 14.9 Å². The zero-order valence-electron chi connectivity index (χ0n) is 14.9. The molecule has 1 N–H and O–H groups in total. The zero-order valence-corrected chi connectivity index (χ0v) is 15.7. The number of carbonyl (C=O) groups is 2. The third-order valence-corrected chi connectivity index (χ3v) is 4.39. The summed E-state index contributed by atoms with van der Waals surface area (Å²) < 4.78 is 10.2. The topological polar surface area (TPSA) is 108 Å². The third kappa shape index (κ3) is 5.20. The summed E-state index contributed by atoms with van der Waals surface area (Å²) in [5, 5.41) is 13.7. The maximum absolute atomic E-state index is 12.2. The number of esters is 1. The van der Waals surface area contributed by atoms with Crippen LogP contribution < -0.4 is 10.1 Å². The summed E-state index contributed by atoms with van der Waals surface area (Å²) in [5.74, 6) is -0.787. The van der Waals surface area contributed by atoms with Crippen molar-refractivity contribution in [2.75, 3.05) is 18.7 Å². The molecule has 2 aromatic rings. The van der Waals surface area contributed by atoms with Crippen molar-refractivity contribution >= 4 is 35.0 Å². The van der Waals surface area contributed by atoms with Crippen molar-refractivity contribution < 1.29 is 24.0 Å². The molecule has 0 aromatic heterocycles. The largest absolute Gasteiger partial charge is 0.497 e. The van der Waals surface area contributed by atoms with E-state index in [9.17, 15) is 19.7 Å². The van der Waals surface area contributed by atoms with E-state index in [1.807, 2.05) is 0 Å². The van der Waals surface area contributed by atoms with Crippen molar-refractivity contribution in [2.24, 2.45) is 0 Å². The molecular weight excluding hydrogens is 372 g/mol. The molecule has 0 unspecified atom stereocenters. The predicted octanol–water partition coefficient (Wildman–Crippen LogP) is 3.51. The molecule has 2 aromatic carbocycles. The molecule has 0 saturated heterocycles. The van der Waals surface area contributed by atoms with Crippen LogP contribution in [0.4, 0.5) is 11.4 Å². The standard InChI is InChI=1S/C18H18N2O6S/c1-11(17(21)19-13-5-4-6-14(10-13)25-2)26-18(22)12-7-8-16(27-3)15(9-12)20(23)24/h4-11H,1-3H3,(H,19,21)/t11-/m0/s1. The highest BCUT2D eigenvalue weighted by Crippen LogP contribution is 2.28. The van der Waals surface area contributed by atoms with Gasteiger partial charge in [0.25, 0.3) is 11.6 Å². The van der Waals surface area contributed by atoms with Gasteiger partial charge in [0.1, 0.15) is 5.75 Å². The van der Waals surface area contributed by atoms with Crippen LogP contribution in [-0.2, 0) is 9.53 Å². The Balaban J connectivity index is 2.07. The zero-order chi connectivity index (χ0) is 20.0. The van der Waals surface area contributed by atoms with Crippen LogP contribution in [0.2, 0.25) is 0 Å². The van der Waals surface area contributed by atoms with E-state index < -0.39 is 22.9 Å². The fraction of sp³-hybridized carbons (Fsp3) is 0.222. The van der Waals surface area contributed by atoms with Crippen LogP contribution in [0.15, 0.2) is 47.4 Å². The number of rotatable bonds is 7. The average Bonchev–Trinajstić information content (AvgIpc) is 2.67. The Hall–Kier alpha value is -3.07. The number of amides is 1. The Morgan fingerprint density at radius 1 is 1.22 bits per heavy atom. The number of nitro groups is 1. The van der Waals surface area contributed by atoms with Crippen molar-refractivity contribution in [3.05, 3.63) is 58.1 Å². The molecule has 0 saturated carbocycles. The minimum absolute atomic E-state index is 0.000491. The number of thioether (sulfide) groups is 1. The monoisotopic (exact) mass is 390 g/mol. The highest BCUT2D eigenvalue weighted by Gasteiger charge is 2.22. The van der Waals surface area contributed by atoms with Crippen LogP contribution in [0.5, 0.6) is 5.75 Å². The number of anilines is 1. The Morgan fingerprint density at radius 2 is 1.96 bits per heavy atom. The molecule has 1 amide bonds. The number of carbonyl (C=O) groups excluding carboxylic acids is 2. The first-order chi connectivity index (χ1) is 12.8. The van der Waals surface area contributed by atoms with Crippen LogP contribution in [0.1, 0.15) is 17.3 Å². The molecule has 0 heterocycles. The van der Waals surface area contributed by atoms with Gasteiger partial charge >= 0.3 is 5.97 Å². The lowest BCUT2D eigenvalue weighted by Crippen LogP contribution is -2.30. The van der Waals surface area contributed by atoms with E-state index in [-0.39, 0.29) is 11.3 Å². The maximum atomic E-state index is 12.2. The van der Waals surface area contributed by atoms with Crippen LogP contribution in [0.25, 0.3) is 0 Å². The van der Waals surface area contributed by atoms with Crippen molar-refractivity contribution in [3.8, 4) is 5.75 Å². The summed E-state index contributed by atoms with van der Waals surface area (Å²) >= 11 is 1.20. The van der Waals surface area contributed by atoms with Crippen LogP contribution in [0.3, 0.4) is 0 Å². The molecule has 0 aliphatic heterocycles. The van der Waals surface area contributed by atoms with Gasteiger partial charge in [0, 0.05) is 17.8 Å². The van der Waals surface area contributed by atoms with Crippen LogP contribution in [0, 0.1) is 10.1 Å². The van der Waals surface area contributed by atoms with Gasteiger partial charge in [-0.05, 0) is 37.4 Å². The molecule has 2 rings (SSSR count). The molecule has 0 spiro atoms. The van der Waals surface area contributed by atoms with Gasteiger partial charge in [-0.25, -0.2) is 4.79 Å². The SMILES string of the molecule is COc1cccc(NC(=O)[C@H](C)OC(=O)c2ccc(SC)c([N+](=O)[O-])c2)c1. The predicted molar refractivity (Wildman–Crippen MR) is 101 cm³/mol.